The second-order valence-electron chi connectivity index (χ2n) is 7.14. The van der Waals surface area contributed by atoms with Gasteiger partial charge in [-0.2, -0.15) is 0 Å². The van der Waals surface area contributed by atoms with E-state index in [1.165, 1.54) is 31.0 Å². The third-order valence-corrected chi connectivity index (χ3v) is 8.21. The Kier molecular flexibility index (Phi) is 5.07. The van der Waals surface area contributed by atoms with Gasteiger partial charge in [-0.1, -0.05) is 49.2 Å². The number of nitrogens with zero attached hydrogens (tertiary/aromatic N) is 3. The molecule has 2 atom stereocenters. The van der Waals surface area contributed by atoms with Crippen molar-refractivity contribution in [2.75, 3.05) is 11.5 Å². The first-order valence-electron chi connectivity index (χ1n) is 9.09. The van der Waals surface area contributed by atoms with Gasteiger partial charge in [0, 0.05) is 5.92 Å². The van der Waals surface area contributed by atoms with Crippen LogP contribution in [0.5, 0.6) is 0 Å². The van der Waals surface area contributed by atoms with Crippen molar-refractivity contribution in [3.8, 4) is 5.69 Å². The van der Waals surface area contributed by atoms with Gasteiger partial charge in [0.2, 0.25) is 5.16 Å². The van der Waals surface area contributed by atoms with E-state index in [0.717, 1.165) is 24.4 Å². The summed E-state index contributed by atoms with van der Waals surface area (Å²) in [4.78, 5) is 4.76. The maximum atomic E-state index is 11.8. The summed E-state index contributed by atoms with van der Waals surface area (Å²) in [6, 6.07) is 9.92. The average Bonchev–Trinajstić information content (AvgIpc) is 3.17. The summed E-state index contributed by atoms with van der Waals surface area (Å²) < 4.78 is 25.4. The van der Waals surface area contributed by atoms with Crippen molar-refractivity contribution in [3.63, 3.8) is 0 Å². The molecule has 6 nitrogen and oxygen atoms in total. The van der Waals surface area contributed by atoms with Crippen molar-refractivity contribution >= 4 is 21.6 Å². The Bertz CT molecular complexity index is 861. The standard InChI is InChI=1S/C18H23N3O3S2/c22-15-11-26(23,24)12-16(15)25-18-19-17(13-7-3-1-4-8-13)21(20-18)14-9-5-2-6-10-14/h2,5-6,9-10,13,15-16,22H,1,3-4,7-8,11-12H2/t15-,16-/m1/s1. The van der Waals surface area contributed by atoms with Crippen LogP contribution in [0.15, 0.2) is 35.5 Å². The number of benzene rings is 1. The van der Waals surface area contributed by atoms with Gasteiger partial charge in [-0.05, 0) is 25.0 Å². The van der Waals surface area contributed by atoms with Crippen LogP contribution >= 0.6 is 11.8 Å². The van der Waals surface area contributed by atoms with Gasteiger partial charge in [-0.3, -0.25) is 0 Å². The van der Waals surface area contributed by atoms with Crippen molar-refractivity contribution in [1.29, 1.82) is 0 Å². The highest BCUT2D eigenvalue weighted by Gasteiger charge is 2.38. The lowest BCUT2D eigenvalue weighted by Crippen LogP contribution is -2.20. The van der Waals surface area contributed by atoms with Crippen molar-refractivity contribution in [2.45, 2.75) is 54.5 Å². The minimum atomic E-state index is -3.17. The Hall–Kier alpha value is -1.38. The molecule has 26 heavy (non-hydrogen) atoms. The van der Waals surface area contributed by atoms with E-state index < -0.39 is 21.2 Å². The van der Waals surface area contributed by atoms with Crippen LogP contribution in [0.1, 0.15) is 43.8 Å². The lowest BCUT2D eigenvalue weighted by molar-refractivity contribution is 0.207. The monoisotopic (exact) mass is 393 g/mol. The Morgan fingerprint density at radius 1 is 1.08 bits per heavy atom. The number of thioether (sulfide) groups is 1. The topological polar surface area (TPSA) is 85.1 Å². The molecule has 1 aromatic heterocycles. The molecule has 1 saturated carbocycles. The van der Waals surface area contributed by atoms with Crippen LogP contribution in [-0.2, 0) is 9.84 Å². The molecule has 8 heteroatoms. The number of rotatable bonds is 4. The molecule has 2 heterocycles. The molecule has 1 N–H and O–H groups in total. The van der Waals surface area contributed by atoms with Crippen LogP contribution in [0.25, 0.3) is 5.69 Å². The molecule has 140 valence electrons. The fourth-order valence-corrected chi connectivity index (χ4v) is 7.21. The summed E-state index contributed by atoms with van der Waals surface area (Å²) in [7, 11) is -3.17. The smallest absolute Gasteiger partial charge is 0.209 e. The quantitative estimate of drug-likeness (QED) is 0.859. The SMILES string of the molecule is O=S1(=O)C[C@@H](O)[C@H](Sc2nc(C3CCCCC3)n(-c3ccccc3)n2)C1. The van der Waals surface area contributed by atoms with E-state index >= 15 is 0 Å². The number of para-hydroxylation sites is 1. The van der Waals surface area contributed by atoms with Crippen molar-refractivity contribution in [1.82, 2.24) is 14.8 Å². The number of aromatic nitrogens is 3. The zero-order valence-corrected chi connectivity index (χ0v) is 16.1. The molecule has 2 fully saturated rings. The van der Waals surface area contributed by atoms with E-state index in [1.807, 2.05) is 35.0 Å². The third-order valence-electron chi connectivity index (χ3n) is 5.11. The zero-order valence-electron chi connectivity index (χ0n) is 14.5. The molecule has 1 saturated heterocycles. The first-order chi connectivity index (χ1) is 12.5. The normalized spacial score (nSPS) is 26.2. The number of hydrogen-bond acceptors (Lipinski definition) is 6. The highest BCUT2D eigenvalue weighted by molar-refractivity contribution is 8.01. The lowest BCUT2D eigenvalue weighted by Gasteiger charge is -2.21. The summed E-state index contributed by atoms with van der Waals surface area (Å²) in [6.07, 6.45) is 5.03. The van der Waals surface area contributed by atoms with Gasteiger partial charge in [-0.15, -0.1) is 5.10 Å². The fourth-order valence-electron chi connectivity index (χ4n) is 3.78. The van der Waals surface area contributed by atoms with Crippen LogP contribution < -0.4 is 0 Å². The summed E-state index contributed by atoms with van der Waals surface area (Å²) in [6.45, 7) is 0. The van der Waals surface area contributed by atoms with Crippen molar-refractivity contribution in [3.05, 3.63) is 36.2 Å². The molecule has 1 aromatic carbocycles. The summed E-state index contributed by atoms with van der Waals surface area (Å²) >= 11 is 1.28. The van der Waals surface area contributed by atoms with Gasteiger partial charge in [0.15, 0.2) is 9.84 Å². The fraction of sp³-hybridized carbons (Fsp3) is 0.556. The van der Waals surface area contributed by atoms with E-state index in [4.69, 9.17) is 4.98 Å². The molecule has 4 rings (SSSR count). The molecule has 0 spiro atoms. The molecular formula is C18H23N3O3S2. The van der Waals surface area contributed by atoms with Gasteiger partial charge in [0.1, 0.15) is 5.82 Å². The lowest BCUT2D eigenvalue weighted by atomic mass is 9.88. The molecular weight excluding hydrogens is 370 g/mol. The van der Waals surface area contributed by atoms with Crippen LogP contribution in [0.4, 0.5) is 0 Å². The molecule has 0 bridgehead atoms. The maximum absolute atomic E-state index is 11.8. The van der Waals surface area contributed by atoms with Crippen molar-refractivity contribution in [2.24, 2.45) is 0 Å². The summed E-state index contributed by atoms with van der Waals surface area (Å²) in [5.41, 5.74) is 0.965. The van der Waals surface area contributed by atoms with Crippen molar-refractivity contribution < 1.29 is 13.5 Å². The van der Waals surface area contributed by atoms with Gasteiger partial charge < -0.3 is 5.11 Å². The number of aliphatic hydroxyl groups excluding tert-OH is 1. The highest BCUT2D eigenvalue weighted by atomic mass is 32.2. The van der Waals surface area contributed by atoms with Crippen LogP contribution in [-0.4, -0.2) is 51.1 Å². The van der Waals surface area contributed by atoms with E-state index in [1.54, 1.807) is 0 Å². The molecule has 0 unspecified atom stereocenters. The third kappa shape index (κ3) is 3.82. The number of sulfone groups is 1. The second kappa shape index (κ2) is 7.32. The number of hydrogen-bond donors (Lipinski definition) is 1. The predicted molar refractivity (Wildman–Crippen MR) is 101 cm³/mol. The highest BCUT2D eigenvalue weighted by Crippen LogP contribution is 2.35. The average molecular weight is 394 g/mol. The van der Waals surface area contributed by atoms with Gasteiger partial charge in [-0.25, -0.2) is 18.1 Å². The van der Waals surface area contributed by atoms with Gasteiger partial charge in [0.05, 0.1) is 28.5 Å². The summed E-state index contributed by atoms with van der Waals surface area (Å²) in [5.74, 6) is 1.15. The minimum Gasteiger partial charge on any atom is -0.391 e. The Morgan fingerprint density at radius 2 is 1.81 bits per heavy atom. The maximum Gasteiger partial charge on any atom is 0.209 e. The Labute approximate surface area is 157 Å². The number of aliphatic hydroxyl groups is 1. The Balaban J connectivity index is 1.65. The van der Waals surface area contributed by atoms with Gasteiger partial charge in [0.25, 0.3) is 0 Å². The van der Waals surface area contributed by atoms with E-state index in [9.17, 15) is 13.5 Å². The molecule has 0 amide bonds. The molecule has 1 aliphatic heterocycles. The Morgan fingerprint density at radius 3 is 2.46 bits per heavy atom. The van der Waals surface area contributed by atoms with Crippen LogP contribution in [0.3, 0.4) is 0 Å². The van der Waals surface area contributed by atoms with Gasteiger partial charge >= 0.3 is 0 Å². The van der Waals surface area contributed by atoms with E-state index in [-0.39, 0.29) is 11.5 Å². The molecule has 2 aromatic rings. The molecule has 2 aliphatic rings. The second-order valence-corrected chi connectivity index (χ2v) is 10.5. The van der Waals surface area contributed by atoms with E-state index in [0.29, 0.717) is 11.1 Å². The van der Waals surface area contributed by atoms with E-state index in [2.05, 4.69) is 5.10 Å². The largest absolute Gasteiger partial charge is 0.391 e. The zero-order chi connectivity index (χ0) is 18.1. The first kappa shape index (κ1) is 18.0. The molecule has 1 aliphatic carbocycles. The molecule has 0 radical (unpaired) electrons. The minimum absolute atomic E-state index is 0.0164. The van der Waals surface area contributed by atoms with Crippen LogP contribution in [0.2, 0.25) is 0 Å². The van der Waals surface area contributed by atoms with Crippen LogP contribution in [0, 0.1) is 0 Å². The summed E-state index contributed by atoms with van der Waals surface area (Å²) in [5, 5.41) is 14.9. The predicted octanol–water partition coefficient (Wildman–Crippen LogP) is 2.57. The first-order valence-corrected chi connectivity index (χ1v) is 11.8.